The summed E-state index contributed by atoms with van der Waals surface area (Å²) in [5.41, 5.74) is 14.3. The van der Waals surface area contributed by atoms with Gasteiger partial charge < -0.3 is 5.73 Å². The van der Waals surface area contributed by atoms with E-state index in [0.29, 0.717) is 0 Å². The number of hydrogen-bond donors (Lipinski definition) is 1. The molecule has 3 rings (SSSR count). The molecule has 19 heavy (non-hydrogen) atoms. The zero-order chi connectivity index (χ0) is 13.9. The number of benzene rings is 2. The molecule has 96 valence electrons. The molecular formula is C16H17NOSi. The zero-order valence-electron chi connectivity index (χ0n) is 11.7. The summed E-state index contributed by atoms with van der Waals surface area (Å²) in [5, 5.41) is 1.05. The summed E-state index contributed by atoms with van der Waals surface area (Å²) in [5.74, 6) is 0.147. The molecule has 2 aromatic carbocycles. The molecule has 0 bridgehead atoms. The molecule has 0 saturated carbocycles. The number of nitrogens with two attached hydrogens (primary N) is 1. The quantitative estimate of drug-likeness (QED) is 0.494. The Morgan fingerprint density at radius 3 is 2.37 bits per heavy atom. The standard InChI is InChI=1S/C16H17NOSi/c1-7-5-4-6-10-11(7)12-8(2)9(3)14(17)16(19)13(12)15(10)18/h4-6H,17H2,1-3,19H3. The lowest BCUT2D eigenvalue weighted by Crippen LogP contribution is -2.21. The van der Waals surface area contributed by atoms with E-state index in [1.807, 2.05) is 19.1 Å². The van der Waals surface area contributed by atoms with Crippen LogP contribution >= 0.6 is 0 Å². The molecule has 0 radical (unpaired) electrons. The Kier molecular flexibility index (Phi) is 2.44. The zero-order valence-corrected chi connectivity index (χ0v) is 13.7. The summed E-state index contributed by atoms with van der Waals surface area (Å²) in [6.07, 6.45) is 0. The van der Waals surface area contributed by atoms with Crippen molar-refractivity contribution in [3.63, 3.8) is 0 Å². The van der Waals surface area contributed by atoms with Crippen LogP contribution in [0.4, 0.5) is 5.69 Å². The molecule has 0 aliphatic heterocycles. The number of carbonyl (C=O) groups is 1. The molecule has 3 heteroatoms. The Labute approximate surface area is 116 Å². The van der Waals surface area contributed by atoms with Gasteiger partial charge in [0.1, 0.15) is 0 Å². The number of nitrogen functional groups attached to an aromatic ring is 1. The summed E-state index contributed by atoms with van der Waals surface area (Å²) in [7, 11) is 0.796. The fourth-order valence-electron chi connectivity index (χ4n) is 3.10. The van der Waals surface area contributed by atoms with Crippen LogP contribution in [0.25, 0.3) is 11.1 Å². The van der Waals surface area contributed by atoms with Gasteiger partial charge in [-0.05, 0) is 53.8 Å². The van der Waals surface area contributed by atoms with Crippen molar-refractivity contribution in [1.29, 1.82) is 0 Å². The molecule has 0 heterocycles. The lowest BCUT2D eigenvalue weighted by Gasteiger charge is -2.15. The third kappa shape index (κ3) is 1.39. The van der Waals surface area contributed by atoms with Gasteiger partial charge in [0, 0.05) is 27.1 Å². The van der Waals surface area contributed by atoms with E-state index < -0.39 is 0 Å². The first-order chi connectivity index (χ1) is 8.95. The summed E-state index contributed by atoms with van der Waals surface area (Å²) in [6, 6.07) is 5.95. The molecular weight excluding hydrogens is 250 g/mol. The molecule has 0 amide bonds. The third-order valence-electron chi connectivity index (χ3n) is 4.36. The Morgan fingerprint density at radius 2 is 1.68 bits per heavy atom. The van der Waals surface area contributed by atoms with Crippen molar-refractivity contribution in [2.45, 2.75) is 20.8 Å². The van der Waals surface area contributed by atoms with Crippen molar-refractivity contribution in [2.24, 2.45) is 0 Å². The number of rotatable bonds is 0. The van der Waals surface area contributed by atoms with Crippen molar-refractivity contribution < 1.29 is 4.79 Å². The van der Waals surface area contributed by atoms with Crippen molar-refractivity contribution in [3.8, 4) is 11.1 Å². The van der Waals surface area contributed by atoms with E-state index in [1.165, 1.54) is 0 Å². The molecule has 0 saturated heterocycles. The van der Waals surface area contributed by atoms with E-state index >= 15 is 0 Å². The minimum absolute atomic E-state index is 0.147. The number of fused-ring (bicyclic) bond motifs is 3. The molecule has 0 spiro atoms. The second kappa shape index (κ2) is 3.81. The van der Waals surface area contributed by atoms with Gasteiger partial charge in [-0.15, -0.1) is 0 Å². The Bertz CT molecular complexity index is 747. The van der Waals surface area contributed by atoms with Gasteiger partial charge in [0.2, 0.25) is 0 Å². The number of aryl methyl sites for hydroxylation is 1. The van der Waals surface area contributed by atoms with E-state index in [-0.39, 0.29) is 5.78 Å². The first-order valence-electron chi connectivity index (χ1n) is 6.49. The number of carbonyl (C=O) groups excluding carboxylic acids is 1. The second-order valence-corrected chi connectivity index (χ2v) is 6.37. The van der Waals surface area contributed by atoms with Gasteiger partial charge in [-0.3, -0.25) is 4.79 Å². The lowest BCUT2D eigenvalue weighted by molar-refractivity contribution is 0.104. The van der Waals surface area contributed by atoms with E-state index in [2.05, 4.69) is 19.9 Å². The van der Waals surface area contributed by atoms with Gasteiger partial charge in [-0.1, -0.05) is 18.2 Å². The third-order valence-corrected chi connectivity index (χ3v) is 5.40. The van der Waals surface area contributed by atoms with Crippen molar-refractivity contribution in [3.05, 3.63) is 46.0 Å². The number of hydrogen-bond acceptors (Lipinski definition) is 2. The fourth-order valence-corrected chi connectivity index (χ4v) is 3.95. The Morgan fingerprint density at radius 1 is 1.00 bits per heavy atom. The molecule has 2 aromatic rings. The number of anilines is 1. The van der Waals surface area contributed by atoms with Gasteiger partial charge >= 0.3 is 0 Å². The molecule has 0 aromatic heterocycles. The minimum atomic E-state index is 0.147. The van der Waals surface area contributed by atoms with E-state index in [1.54, 1.807) is 0 Å². The van der Waals surface area contributed by atoms with Crippen LogP contribution in [0, 0.1) is 20.8 Å². The SMILES string of the molecule is Cc1cccc2c1-c1c(C)c(C)c(N)c([SiH3])c1C2=O. The molecule has 2 nitrogen and oxygen atoms in total. The van der Waals surface area contributed by atoms with Crippen LogP contribution in [0.2, 0.25) is 0 Å². The predicted octanol–water partition coefficient (Wildman–Crippen LogP) is 1.40. The highest BCUT2D eigenvalue weighted by Crippen LogP contribution is 2.41. The molecule has 0 atom stereocenters. The topological polar surface area (TPSA) is 43.1 Å². The van der Waals surface area contributed by atoms with Crippen LogP contribution in [0.5, 0.6) is 0 Å². The van der Waals surface area contributed by atoms with Gasteiger partial charge in [0.25, 0.3) is 0 Å². The fraction of sp³-hybridized carbons (Fsp3) is 0.188. The van der Waals surface area contributed by atoms with Crippen molar-refractivity contribution in [1.82, 2.24) is 0 Å². The highest BCUT2D eigenvalue weighted by molar-refractivity contribution is 6.44. The second-order valence-electron chi connectivity index (χ2n) is 5.37. The van der Waals surface area contributed by atoms with Gasteiger partial charge in [0.05, 0.1) is 0 Å². The van der Waals surface area contributed by atoms with Crippen LogP contribution in [0.15, 0.2) is 18.2 Å². The average Bonchev–Trinajstić information content (AvgIpc) is 2.69. The summed E-state index contributed by atoms with van der Waals surface area (Å²) < 4.78 is 0. The largest absolute Gasteiger partial charge is 0.399 e. The van der Waals surface area contributed by atoms with Crippen LogP contribution in [-0.2, 0) is 0 Å². The molecule has 1 aliphatic carbocycles. The average molecular weight is 267 g/mol. The monoisotopic (exact) mass is 267 g/mol. The molecule has 0 fully saturated rings. The molecule has 1 aliphatic rings. The summed E-state index contributed by atoms with van der Waals surface area (Å²) in [6.45, 7) is 6.19. The first-order valence-corrected chi connectivity index (χ1v) is 7.49. The van der Waals surface area contributed by atoms with Crippen LogP contribution in [0.1, 0.15) is 32.6 Å². The van der Waals surface area contributed by atoms with Crippen LogP contribution < -0.4 is 10.9 Å². The normalized spacial score (nSPS) is 12.7. The summed E-state index contributed by atoms with van der Waals surface area (Å²) in [4.78, 5) is 12.6. The maximum absolute atomic E-state index is 12.6. The smallest absolute Gasteiger partial charge is 0.194 e. The lowest BCUT2D eigenvalue weighted by atomic mass is 9.93. The first kappa shape index (κ1) is 12.2. The highest BCUT2D eigenvalue weighted by atomic mass is 28.1. The number of ketones is 1. The van der Waals surface area contributed by atoms with Gasteiger partial charge in [0.15, 0.2) is 5.78 Å². The summed E-state index contributed by atoms with van der Waals surface area (Å²) >= 11 is 0. The van der Waals surface area contributed by atoms with E-state index in [9.17, 15) is 4.79 Å². The maximum atomic E-state index is 12.6. The van der Waals surface area contributed by atoms with Crippen LogP contribution in [-0.4, -0.2) is 16.0 Å². The van der Waals surface area contributed by atoms with Crippen molar-refractivity contribution in [2.75, 3.05) is 5.73 Å². The van der Waals surface area contributed by atoms with E-state index in [0.717, 1.165) is 60.1 Å². The van der Waals surface area contributed by atoms with Gasteiger partial charge in [-0.25, -0.2) is 0 Å². The highest BCUT2D eigenvalue weighted by Gasteiger charge is 2.32. The maximum Gasteiger partial charge on any atom is 0.194 e. The van der Waals surface area contributed by atoms with E-state index in [4.69, 9.17) is 5.73 Å². The van der Waals surface area contributed by atoms with Crippen LogP contribution in [0.3, 0.4) is 0 Å². The van der Waals surface area contributed by atoms with Gasteiger partial charge in [-0.2, -0.15) is 0 Å². The Hall–Kier alpha value is -1.87. The minimum Gasteiger partial charge on any atom is -0.399 e. The predicted molar refractivity (Wildman–Crippen MR) is 83.5 cm³/mol. The Balaban J connectivity index is 2.54. The van der Waals surface area contributed by atoms with Crippen molar-refractivity contribution >= 4 is 26.9 Å². The molecule has 2 N–H and O–H groups in total. The molecule has 0 unspecified atom stereocenters.